The lowest BCUT2D eigenvalue weighted by molar-refractivity contribution is 0.182. The summed E-state index contributed by atoms with van der Waals surface area (Å²) in [6.45, 7) is 5.71. The summed E-state index contributed by atoms with van der Waals surface area (Å²) in [7, 11) is 3.17. The topological polar surface area (TPSA) is 88.0 Å². The predicted octanol–water partition coefficient (Wildman–Crippen LogP) is 2.30. The lowest BCUT2D eigenvalue weighted by Crippen LogP contribution is -2.38. The van der Waals surface area contributed by atoms with Crippen molar-refractivity contribution in [3.8, 4) is 11.5 Å². The van der Waals surface area contributed by atoms with Crippen molar-refractivity contribution in [2.24, 2.45) is 4.99 Å². The van der Waals surface area contributed by atoms with E-state index in [0.29, 0.717) is 23.0 Å². The molecule has 1 heterocycles. The number of hydrogen-bond acceptors (Lipinski definition) is 6. The first kappa shape index (κ1) is 21.0. The Kier molecular flexibility index (Phi) is 8.35. The molecule has 0 aliphatic carbocycles. The van der Waals surface area contributed by atoms with Crippen LogP contribution in [-0.2, 0) is 6.42 Å². The molecule has 0 spiro atoms. The quantitative estimate of drug-likeness (QED) is 0.448. The molecular formula is C19H28N4O3S. The summed E-state index contributed by atoms with van der Waals surface area (Å²) in [5.41, 5.74) is 0.648. The number of benzene rings is 1. The van der Waals surface area contributed by atoms with Crippen LogP contribution in [0.3, 0.4) is 0 Å². The van der Waals surface area contributed by atoms with Crippen LogP contribution < -0.4 is 20.1 Å². The number of nitrogens with one attached hydrogen (secondary N) is 2. The number of guanidine groups is 1. The van der Waals surface area contributed by atoms with Crippen LogP contribution in [0.4, 0.5) is 0 Å². The van der Waals surface area contributed by atoms with E-state index in [2.05, 4.69) is 20.6 Å². The van der Waals surface area contributed by atoms with Crippen LogP contribution in [0.25, 0.3) is 0 Å². The van der Waals surface area contributed by atoms with Gasteiger partial charge in [-0.25, -0.2) is 4.98 Å². The number of nitrogens with zero attached hydrogens (tertiary/aromatic N) is 2. The molecule has 148 valence electrons. The largest absolute Gasteiger partial charge is 0.497 e. The molecule has 7 nitrogen and oxygen atoms in total. The molecule has 0 saturated heterocycles. The highest BCUT2D eigenvalue weighted by molar-refractivity contribution is 7.11. The predicted molar refractivity (Wildman–Crippen MR) is 109 cm³/mol. The Hall–Kier alpha value is -2.32. The number of hydrogen-bond donors (Lipinski definition) is 3. The molecular weight excluding hydrogens is 364 g/mol. The SMILES string of the molecule is CCNC(=NCC(O)c1cc(OC)ccc1OC)NCCc1ncc(C)s1. The minimum Gasteiger partial charge on any atom is -0.497 e. The minimum absolute atomic E-state index is 0.204. The summed E-state index contributed by atoms with van der Waals surface area (Å²) in [5.74, 6) is 1.93. The van der Waals surface area contributed by atoms with E-state index in [1.54, 1.807) is 43.8 Å². The molecule has 0 fully saturated rings. The fourth-order valence-corrected chi connectivity index (χ4v) is 3.31. The zero-order chi connectivity index (χ0) is 19.6. The fourth-order valence-electron chi connectivity index (χ4n) is 2.52. The zero-order valence-corrected chi connectivity index (χ0v) is 17.1. The van der Waals surface area contributed by atoms with E-state index in [4.69, 9.17) is 9.47 Å². The summed E-state index contributed by atoms with van der Waals surface area (Å²) < 4.78 is 10.6. The maximum atomic E-state index is 10.6. The summed E-state index contributed by atoms with van der Waals surface area (Å²) in [5, 5.41) is 18.1. The van der Waals surface area contributed by atoms with Crippen molar-refractivity contribution in [3.05, 3.63) is 39.8 Å². The number of rotatable bonds is 9. The maximum Gasteiger partial charge on any atom is 0.191 e. The summed E-state index contributed by atoms with van der Waals surface area (Å²) in [6.07, 6.45) is 1.92. The molecule has 1 aromatic heterocycles. The summed E-state index contributed by atoms with van der Waals surface area (Å²) in [6, 6.07) is 5.34. The number of aromatic nitrogens is 1. The monoisotopic (exact) mass is 392 g/mol. The smallest absolute Gasteiger partial charge is 0.191 e. The van der Waals surface area contributed by atoms with Crippen molar-refractivity contribution in [3.63, 3.8) is 0 Å². The number of aliphatic hydroxyl groups is 1. The zero-order valence-electron chi connectivity index (χ0n) is 16.3. The maximum absolute atomic E-state index is 10.6. The first-order chi connectivity index (χ1) is 13.1. The van der Waals surface area contributed by atoms with Crippen molar-refractivity contribution < 1.29 is 14.6 Å². The van der Waals surface area contributed by atoms with Crippen LogP contribution in [0.2, 0.25) is 0 Å². The van der Waals surface area contributed by atoms with Crippen LogP contribution in [0.15, 0.2) is 29.4 Å². The number of ether oxygens (including phenoxy) is 2. The normalized spacial score (nSPS) is 12.6. The highest BCUT2D eigenvalue weighted by Gasteiger charge is 2.14. The van der Waals surface area contributed by atoms with Gasteiger partial charge >= 0.3 is 0 Å². The third-order valence-electron chi connectivity index (χ3n) is 3.86. The van der Waals surface area contributed by atoms with E-state index in [9.17, 15) is 5.11 Å². The minimum atomic E-state index is -0.799. The molecule has 2 aromatic rings. The molecule has 1 atom stereocenters. The number of thiazole rings is 1. The number of aliphatic imine (C=N–C) groups is 1. The highest BCUT2D eigenvalue weighted by atomic mass is 32.1. The fraction of sp³-hybridized carbons (Fsp3) is 0.474. The molecule has 0 saturated carbocycles. The van der Waals surface area contributed by atoms with Gasteiger partial charge in [0.05, 0.1) is 25.8 Å². The van der Waals surface area contributed by atoms with Gasteiger partial charge in [-0.3, -0.25) is 4.99 Å². The van der Waals surface area contributed by atoms with Gasteiger partial charge in [0.15, 0.2) is 5.96 Å². The van der Waals surface area contributed by atoms with E-state index in [1.807, 2.05) is 20.0 Å². The molecule has 1 unspecified atom stereocenters. The first-order valence-corrected chi connectivity index (χ1v) is 9.72. The van der Waals surface area contributed by atoms with E-state index >= 15 is 0 Å². The molecule has 3 N–H and O–H groups in total. The van der Waals surface area contributed by atoms with Crippen molar-refractivity contribution in [2.75, 3.05) is 33.9 Å². The van der Waals surface area contributed by atoms with Crippen LogP contribution in [0.1, 0.15) is 28.5 Å². The van der Waals surface area contributed by atoms with Gasteiger partial charge in [-0.1, -0.05) is 0 Å². The molecule has 0 amide bonds. The van der Waals surface area contributed by atoms with Crippen molar-refractivity contribution >= 4 is 17.3 Å². The molecule has 0 bridgehead atoms. The Morgan fingerprint density at radius 3 is 2.74 bits per heavy atom. The Labute approximate surface area is 164 Å². The second kappa shape index (κ2) is 10.7. The number of aliphatic hydroxyl groups excluding tert-OH is 1. The van der Waals surface area contributed by atoms with E-state index in [0.717, 1.165) is 24.5 Å². The highest BCUT2D eigenvalue weighted by Crippen LogP contribution is 2.29. The third-order valence-corrected chi connectivity index (χ3v) is 4.84. The Morgan fingerprint density at radius 2 is 2.11 bits per heavy atom. The van der Waals surface area contributed by atoms with E-state index < -0.39 is 6.10 Å². The van der Waals surface area contributed by atoms with Crippen LogP contribution in [-0.4, -0.2) is 49.9 Å². The van der Waals surface area contributed by atoms with Crippen LogP contribution in [0.5, 0.6) is 11.5 Å². The lowest BCUT2D eigenvalue weighted by Gasteiger charge is -2.16. The molecule has 0 radical (unpaired) electrons. The average Bonchev–Trinajstić information content (AvgIpc) is 3.10. The second-order valence-corrected chi connectivity index (χ2v) is 7.20. The van der Waals surface area contributed by atoms with Gasteiger partial charge in [0.25, 0.3) is 0 Å². The second-order valence-electron chi connectivity index (χ2n) is 5.88. The molecule has 2 rings (SSSR count). The van der Waals surface area contributed by atoms with Crippen molar-refractivity contribution in [1.29, 1.82) is 0 Å². The van der Waals surface area contributed by atoms with Crippen LogP contribution >= 0.6 is 11.3 Å². The molecule has 27 heavy (non-hydrogen) atoms. The average molecular weight is 393 g/mol. The van der Waals surface area contributed by atoms with Gasteiger partial charge < -0.3 is 25.2 Å². The third kappa shape index (κ3) is 6.41. The Morgan fingerprint density at radius 1 is 1.30 bits per heavy atom. The van der Waals surface area contributed by atoms with Crippen molar-refractivity contribution in [1.82, 2.24) is 15.6 Å². The number of aryl methyl sites for hydroxylation is 1. The summed E-state index contributed by atoms with van der Waals surface area (Å²) in [4.78, 5) is 10.1. The molecule has 1 aromatic carbocycles. The van der Waals surface area contributed by atoms with Crippen LogP contribution in [0, 0.1) is 6.92 Å². The van der Waals surface area contributed by atoms with Gasteiger partial charge in [-0.05, 0) is 32.0 Å². The molecule has 0 aliphatic heterocycles. The first-order valence-electron chi connectivity index (χ1n) is 8.90. The number of methoxy groups -OCH3 is 2. The van der Waals surface area contributed by atoms with Gasteiger partial charge in [0.2, 0.25) is 0 Å². The molecule has 8 heteroatoms. The van der Waals surface area contributed by atoms with Gasteiger partial charge in [-0.2, -0.15) is 0 Å². The Bertz CT molecular complexity index is 748. The van der Waals surface area contributed by atoms with Gasteiger partial charge in [0, 0.05) is 36.1 Å². The van der Waals surface area contributed by atoms with Gasteiger partial charge in [-0.15, -0.1) is 11.3 Å². The van der Waals surface area contributed by atoms with Crippen molar-refractivity contribution in [2.45, 2.75) is 26.4 Å². The van der Waals surface area contributed by atoms with E-state index in [-0.39, 0.29) is 6.54 Å². The standard InChI is InChI=1S/C19H28N4O3S/c1-5-20-19(21-9-8-18-22-11-13(2)27-18)23-12-16(24)15-10-14(25-3)6-7-17(15)26-4/h6-7,10-11,16,24H,5,8-9,12H2,1-4H3,(H2,20,21,23). The molecule has 0 aliphatic rings. The lowest BCUT2D eigenvalue weighted by atomic mass is 10.1. The van der Waals surface area contributed by atoms with Gasteiger partial charge in [0.1, 0.15) is 17.6 Å². The van der Waals surface area contributed by atoms with E-state index in [1.165, 1.54) is 4.88 Å². The summed E-state index contributed by atoms with van der Waals surface area (Å²) >= 11 is 1.70. The Balaban J connectivity index is 1.98.